The largest absolute Gasteiger partial charge is 0.411 e. The summed E-state index contributed by atoms with van der Waals surface area (Å²) in [4.78, 5) is 11.6. The normalized spacial score (nSPS) is 11.6. The van der Waals surface area contributed by atoms with E-state index in [1.807, 2.05) is 0 Å². The lowest BCUT2D eigenvalue weighted by atomic mass is 10.4. The highest BCUT2D eigenvalue weighted by Crippen LogP contribution is 2.14. The number of nitrogens with zero attached hydrogens (tertiary/aromatic N) is 1. The summed E-state index contributed by atoms with van der Waals surface area (Å²) >= 11 is 0. The van der Waals surface area contributed by atoms with Gasteiger partial charge in [-0.05, 0) is 6.07 Å². The fourth-order valence-electron chi connectivity index (χ4n) is 1.33. The van der Waals surface area contributed by atoms with E-state index < -0.39 is 18.7 Å². The number of carbonyl (C=O) groups is 1. The van der Waals surface area contributed by atoms with E-state index in [9.17, 15) is 18.0 Å². The highest BCUT2D eigenvalue weighted by Gasteiger charge is 2.27. The van der Waals surface area contributed by atoms with Crippen LogP contribution < -0.4 is 11.1 Å². The molecule has 3 N–H and O–H groups in total. The smallest absolute Gasteiger partial charge is 0.397 e. The van der Waals surface area contributed by atoms with E-state index >= 15 is 0 Å². The summed E-state index contributed by atoms with van der Waals surface area (Å²) in [5.41, 5.74) is 6.27. The van der Waals surface area contributed by atoms with Crippen LogP contribution in [0.4, 0.5) is 18.9 Å². The number of nitrogens with two attached hydrogens (primary N) is 1. The van der Waals surface area contributed by atoms with Gasteiger partial charge in [0, 0.05) is 19.8 Å². The van der Waals surface area contributed by atoms with Crippen molar-refractivity contribution in [3.8, 4) is 0 Å². The average Bonchev–Trinajstić information content (AvgIpc) is 2.55. The number of alkyl halides is 3. The average molecular weight is 265 g/mol. The van der Waals surface area contributed by atoms with Gasteiger partial charge in [-0.2, -0.15) is 13.2 Å². The predicted molar refractivity (Wildman–Crippen MR) is 59.0 cm³/mol. The van der Waals surface area contributed by atoms with Crippen LogP contribution in [0.3, 0.4) is 0 Å². The third-order valence-corrected chi connectivity index (χ3v) is 2.06. The molecule has 0 aromatic carbocycles. The molecule has 0 aliphatic heterocycles. The molecule has 0 bridgehead atoms. The molecule has 0 aliphatic carbocycles. The summed E-state index contributed by atoms with van der Waals surface area (Å²) in [6.07, 6.45) is -2.79. The van der Waals surface area contributed by atoms with Gasteiger partial charge in [0.2, 0.25) is 0 Å². The van der Waals surface area contributed by atoms with Crippen molar-refractivity contribution in [2.45, 2.75) is 6.18 Å². The van der Waals surface area contributed by atoms with Gasteiger partial charge < -0.3 is 20.4 Å². The van der Waals surface area contributed by atoms with Crippen LogP contribution in [-0.2, 0) is 11.8 Å². The zero-order chi connectivity index (χ0) is 13.8. The maximum absolute atomic E-state index is 11.7. The molecule has 0 aliphatic rings. The Bertz CT molecular complexity index is 415. The minimum Gasteiger partial charge on any atom is -0.397 e. The van der Waals surface area contributed by atoms with Gasteiger partial charge in [-0.1, -0.05) is 0 Å². The molecule has 1 rings (SSSR count). The van der Waals surface area contributed by atoms with Gasteiger partial charge >= 0.3 is 6.18 Å². The number of anilines is 1. The monoisotopic (exact) mass is 265 g/mol. The van der Waals surface area contributed by atoms with Crippen LogP contribution in [0.5, 0.6) is 0 Å². The number of hydrogen-bond acceptors (Lipinski definition) is 3. The van der Waals surface area contributed by atoms with Crippen LogP contribution in [0.15, 0.2) is 12.3 Å². The number of ether oxygens (including phenoxy) is 1. The molecule has 102 valence electrons. The van der Waals surface area contributed by atoms with E-state index in [4.69, 9.17) is 5.73 Å². The quantitative estimate of drug-likeness (QED) is 0.778. The van der Waals surface area contributed by atoms with Gasteiger partial charge in [-0.25, -0.2) is 0 Å². The van der Waals surface area contributed by atoms with Crippen LogP contribution >= 0.6 is 0 Å². The molecule has 1 aromatic rings. The minimum atomic E-state index is -4.35. The fourth-order valence-corrected chi connectivity index (χ4v) is 1.33. The maximum atomic E-state index is 11.7. The van der Waals surface area contributed by atoms with Gasteiger partial charge in [0.15, 0.2) is 0 Å². The molecule has 0 saturated heterocycles. The number of carbonyl (C=O) groups excluding carboxylic acids is 1. The second kappa shape index (κ2) is 5.76. The zero-order valence-corrected chi connectivity index (χ0v) is 9.75. The maximum Gasteiger partial charge on any atom is 0.411 e. The molecule has 18 heavy (non-hydrogen) atoms. The van der Waals surface area contributed by atoms with Gasteiger partial charge in [0.25, 0.3) is 5.91 Å². The zero-order valence-electron chi connectivity index (χ0n) is 9.75. The van der Waals surface area contributed by atoms with Gasteiger partial charge in [-0.15, -0.1) is 0 Å². The van der Waals surface area contributed by atoms with Crippen molar-refractivity contribution >= 4 is 11.6 Å². The van der Waals surface area contributed by atoms with Crippen LogP contribution in [0.1, 0.15) is 10.5 Å². The lowest BCUT2D eigenvalue weighted by Crippen LogP contribution is -2.30. The van der Waals surface area contributed by atoms with Gasteiger partial charge in [-0.3, -0.25) is 4.79 Å². The number of halogens is 3. The summed E-state index contributed by atoms with van der Waals surface area (Å²) in [7, 11) is 1.64. The fraction of sp³-hybridized carbons (Fsp3) is 0.500. The van der Waals surface area contributed by atoms with E-state index in [1.54, 1.807) is 13.2 Å². The van der Waals surface area contributed by atoms with Crippen molar-refractivity contribution in [2.24, 2.45) is 7.05 Å². The van der Waals surface area contributed by atoms with Crippen molar-refractivity contribution in [1.82, 2.24) is 9.88 Å². The highest BCUT2D eigenvalue weighted by atomic mass is 19.4. The second-order valence-electron chi connectivity index (χ2n) is 3.69. The molecule has 8 heteroatoms. The van der Waals surface area contributed by atoms with Crippen molar-refractivity contribution in [3.05, 3.63) is 18.0 Å². The van der Waals surface area contributed by atoms with Crippen LogP contribution in [-0.4, -0.2) is 36.4 Å². The lowest BCUT2D eigenvalue weighted by Gasteiger charge is -2.08. The van der Waals surface area contributed by atoms with Crippen molar-refractivity contribution < 1.29 is 22.7 Å². The number of hydrogen-bond donors (Lipinski definition) is 2. The molecule has 0 unspecified atom stereocenters. The molecular formula is C10H14F3N3O2. The Labute approximate surface area is 102 Å². The third kappa shape index (κ3) is 4.66. The number of amides is 1. The topological polar surface area (TPSA) is 69.3 Å². The van der Waals surface area contributed by atoms with Crippen LogP contribution in [0, 0.1) is 0 Å². The molecule has 1 heterocycles. The Morgan fingerprint density at radius 3 is 2.72 bits per heavy atom. The SMILES string of the molecule is Cn1cc(N)cc1C(=O)NCCOCC(F)(F)F. The molecule has 0 spiro atoms. The standard InChI is InChI=1S/C10H14F3N3O2/c1-16-5-7(14)4-8(16)9(17)15-2-3-18-6-10(11,12)13/h4-5H,2-3,6,14H2,1H3,(H,15,17). The lowest BCUT2D eigenvalue weighted by molar-refractivity contribution is -0.173. The Kier molecular flexibility index (Phi) is 4.60. The highest BCUT2D eigenvalue weighted by molar-refractivity contribution is 5.93. The number of aryl methyl sites for hydroxylation is 1. The van der Waals surface area contributed by atoms with Crippen LogP contribution in [0.2, 0.25) is 0 Å². The van der Waals surface area contributed by atoms with Crippen molar-refractivity contribution in [2.75, 3.05) is 25.5 Å². The minimum absolute atomic E-state index is 0.00000189. The number of nitrogens with one attached hydrogen (secondary N) is 1. The molecule has 0 radical (unpaired) electrons. The summed E-state index contributed by atoms with van der Waals surface area (Å²) in [6.45, 7) is -1.52. The van der Waals surface area contributed by atoms with E-state index in [2.05, 4.69) is 10.1 Å². The van der Waals surface area contributed by atoms with E-state index in [-0.39, 0.29) is 13.2 Å². The summed E-state index contributed by atoms with van der Waals surface area (Å²) in [6, 6.07) is 1.48. The predicted octanol–water partition coefficient (Wildman–Crippen LogP) is 0.916. The molecule has 5 nitrogen and oxygen atoms in total. The molecule has 0 fully saturated rings. The first-order chi connectivity index (χ1) is 8.29. The summed E-state index contributed by atoms with van der Waals surface area (Å²) < 4.78 is 41.1. The first kappa shape index (κ1) is 14.4. The number of aromatic nitrogens is 1. The molecule has 0 saturated carbocycles. The summed E-state index contributed by atoms with van der Waals surface area (Å²) in [5.74, 6) is -0.412. The Hall–Kier alpha value is -1.70. The van der Waals surface area contributed by atoms with E-state index in [0.29, 0.717) is 11.4 Å². The number of rotatable bonds is 5. The molecule has 1 aromatic heterocycles. The Balaban J connectivity index is 2.28. The Morgan fingerprint density at radius 2 is 2.22 bits per heavy atom. The Morgan fingerprint density at radius 1 is 1.56 bits per heavy atom. The number of nitrogen functional groups attached to an aromatic ring is 1. The summed E-state index contributed by atoms with van der Waals surface area (Å²) in [5, 5.41) is 2.43. The molecule has 1 amide bonds. The molecule has 0 atom stereocenters. The first-order valence-electron chi connectivity index (χ1n) is 5.14. The van der Waals surface area contributed by atoms with Gasteiger partial charge in [0.05, 0.1) is 12.3 Å². The van der Waals surface area contributed by atoms with Crippen LogP contribution in [0.25, 0.3) is 0 Å². The molecular weight excluding hydrogens is 251 g/mol. The first-order valence-corrected chi connectivity index (χ1v) is 5.14. The van der Waals surface area contributed by atoms with Gasteiger partial charge in [0.1, 0.15) is 12.3 Å². The van der Waals surface area contributed by atoms with Crippen molar-refractivity contribution in [3.63, 3.8) is 0 Å². The third-order valence-electron chi connectivity index (χ3n) is 2.06. The van der Waals surface area contributed by atoms with E-state index in [1.165, 1.54) is 10.6 Å². The second-order valence-corrected chi connectivity index (χ2v) is 3.69. The van der Waals surface area contributed by atoms with Crippen molar-refractivity contribution in [1.29, 1.82) is 0 Å². The van der Waals surface area contributed by atoms with E-state index in [0.717, 1.165) is 0 Å².